The first-order valence-electron chi connectivity index (χ1n) is 7.43. The van der Waals surface area contributed by atoms with Gasteiger partial charge >= 0.3 is 7.12 Å². The normalized spacial score (nSPS) is 19.8. The maximum atomic E-state index is 6.11. The van der Waals surface area contributed by atoms with Crippen molar-refractivity contribution in [1.82, 2.24) is 0 Å². The summed E-state index contributed by atoms with van der Waals surface area (Å²) in [6.07, 6.45) is 0. The number of hydrogen-bond donors (Lipinski definition) is 0. The Morgan fingerprint density at radius 1 is 1.10 bits per heavy atom. The van der Waals surface area contributed by atoms with Crippen LogP contribution in [0.4, 0.5) is 0 Å². The van der Waals surface area contributed by atoms with Crippen molar-refractivity contribution in [3.05, 3.63) is 23.8 Å². The van der Waals surface area contributed by atoms with Crippen LogP contribution in [0.2, 0.25) is 0 Å². The fourth-order valence-electron chi connectivity index (χ4n) is 2.14. The SMILES string of the molecule is CCOCOc1ccc(C)cc1B1OC(C)(C)C(C)(C)O1. The number of hydrogen-bond acceptors (Lipinski definition) is 4. The molecule has 1 fully saturated rings. The minimum absolute atomic E-state index is 0.228. The van der Waals surface area contributed by atoms with Crippen LogP contribution in [-0.4, -0.2) is 31.7 Å². The van der Waals surface area contributed by atoms with Crippen LogP contribution in [0.3, 0.4) is 0 Å². The smallest absolute Gasteiger partial charge is 0.468 e. The van der Waals surface area contributed by atoms with Crippen LogP contribution in [0.5, 0.6) is 5.75 Å². The predicted octanol–water partition coefficient (Wildman–Crippen LogP) is 2.67. The summed E-state index contributed by atoms with van der Waals surface area (Å²) in [5.74, 6) is 0.743. The largest absolute Gasteiger partial charge is 0.498 e. The van der Waals surface area contributed by atoms with E-state index in [1.807, 2.05) is 59.7 Å². The molecule has 0 radical (unpaired) electrons. The molecule has 0 spiro atoms. The molecule has 0 atom stereocenters. The van der Waals surface area contributed by atoms with Gasteiger partial charge in [0.05, 0.1) is 11.2 Å². The highest BCUT2D eigenvalue weighted by molar-refractivity contribution is 6.63. The maximum Gasteiger partial charge on any atom is 0.498 e. The summed E-state index contributed by atoms with van der Waals surface area (Å²) in [6, 6.07) is 5.99. The standard InChI is InChI=1S/C16H25BO4/c1-7-18-11-19-14-9-8-12(2)10-13(14)17-20-15(3,4)16(5,6)21-17/h8-10H,7,11H2,1-6H3. The van der Waals surface area contributed by atoms with E-state index in [1.165, 1.54) is 0 Å². The van der Waals surface area contributed by atoms with Gasteiger partial charge in [0, 0.05) is 12.1 Å². The van der Waals surface area contributed by atoms with Gasteiger partial charge in [0.25, 0.3) is 0 Å². The lowest BCUT2D eigenvalue weighted by atomic mass is 9.77. The van der Waals surface area contributed by atoms with E-state index < -0.39 is 7.12 Å². The van der Waals surface area contributed by atoms with Gasteiger partial charge in [-0.3, -0.25) is 0 Å². The second kappa shape index (κ2) is 5.99. The summed E-state index contributed by atoms with van der Waals surface area (Å²) < 4.78 is 23.2. The third-order valence-corrected chi connectivity index (χ3v) is 4.17. The molecule has 1 saturated heterocycles. The molecule has 1 heterocycles. The van der Waals surface area contributed by atoms with Crippen LogP contribution >= 0.6 is 0 Å². The Bertz CT molecular complexity index is 483. The van der Waals surface area contributed by atoms with E-state index in [-0.39, 0.29) is 18.0 Å². The van der Waals surface area contributed by atoms with E-state index in [1.54, 1.807) is 0 Å². The quantitative estimate of drug-likeness (QED) is 0.475. The summed E-state index contributed by atoms with van der Waals surface area (Å²) in [5.41, 5.74) is 1.33. The average Bonchev–Trinajstić information content (AvgIpc) is 2.60. The van der Waals surface area contributed by atoms with Crippen molar-refractivity contribution in [3.8, 4) is 5.75 Å². The van der Waals surface area contributed by atoms with Gasteiger partial charge in [-0.15, -0.1) is 0 Å². The van der Waals surface area contributed by atoms with Gasteiger partial charge < -0.3 is 18.8 Å². The molecule has 1 aliphatic rings. The Kier molecular flexibility index (Phi) is 4.66. The summed E-state index contributed by atoms with van der Waals surface area (Å²) in [6.45, 7) is 13.0. The first kappa shape index (κ1) is 16.3. The lowest BCUT2D eigenvalue weighted by Gasteiger charge is -2.32. The Labute approximate surface area is 127 Å². The monoisotopic (exact) mass is 292 g/mol. The van der Waals surface area contributed by atoms with Crippen molar-refractivity contribution in [3.63, 3.8) is 0 Å². The molecule has 1 aromatic rings. The highest BCUT2D eigenvalue weighted by Gasteiger charge is 2.52. The molecule has 1 aliphatic heterocycles. The summed E-state index contributed by atoms with van der Waals surface area (Å²) >= 11 is 0. The van der Waals surface area contributed by atoms with Crippen LogP contribution in [-0.2, 0) is 14.0 Å². The van der Waals surface area contributed by atoms with E-state index in [4.69, 9.17) is 18.8 Å². The third-order valence-electron chi connectivity index (χ3n) is 4.17. The molecule has 0 aromatic heterocycles. The lowest BCUT2D eigenvalue weighted by molar-refractivity contribution is 0.00578. The number of rotatable bonds is 5. The zero-order valence-electron chi connectivity index (χ0n) is 13.9. The van der Waals surface area contributed by atoms with Crippen molar-refractivity contribution in [2.75, 3.05) is 13.4 Å². The van der Waals surface area contributed by atoms with E-state index in [9.17, 15) is 0 Å². The molecule has 0 saturated carbocycles. The van der Waals surface area contributed by atoms with E-state index in [0.717, 1.165) is 16.8 Å². The van der Waals surface area contributed by atoms with Crippen molar-refractivity contribution < 1.29 is 18.8 Å². The second-order valence-corrected chi connectivity index (χ2v) is 6.38. The lowest BCUT2D eigenvalue weighted by Crippen LogP contribution is -2.41. The van der Waals surface area contributed by atoms with E-state index >= 15 is 0 Å². The molecular weight excluding hydrogens is 267 g/mol. The Morgan fingerprint density at radius 2 is 1.71 bits per heavy atom. The van der Waals surface area contributed by atoms with Gasteiger partial charge in [-0.1, -0.05) is 17.7 Å². The zero-order valence-corrected chi connectivity index (χ0v) is 13.9. The highest BCUT2D eigenvalue weighted by Crippen LogP contribution is 2.37. The molecule has 21 heavy (non-hydrogen) atoms. The van der Waals surface area contributed by atoms with Crippen LogP contribution < -0.4 is 10.2 Å². The van der Waals surface area contributed by atoms with Crippen molar-refractivity contribution >= 4 is 12.6 Å². The van der Waals surface area contributed by atoms with Crippen molar-refractivity contribution in [1.29, 1.82) is 0 Å². The zero-order chi connectivity index (χ0) is 15.7. The summed E-state index contributed by atoms with van der Waals surface area (Å²) in [7, 11) is -0.425. The molecule has 116 valence electrons. The topological polar surface area (TPSA) is 36.9 Å². The van der Waals surface area contributed by atoms with Gasteiger partial charge in [0.1, 0.15) is 5.75 Å². The second-order valence-electron chi connectivity index (χ2n) is 6.38. The van der Waals surface area contributed by atoms with E-state index in [0.29, 0.717) is 6.61 Å². The number of aryl methyl sites for hydroxylation is 1. The van der Waals surface area contributed by atoms with Crippen LogP contribution in [0.1, 0.15) is 40.2 Å². The molecule has 4 nitrogen and oxygen atoms in total. The van der Waals surface area contributed by atoms with Crippen LogP contribution in [0, 0.1) is 6.92 Å². The molecule has 0 unspecified atom stereocenters. The minimum Gasteiger partial charge on any atom is -0.468 e. The number of ether oxygens (including phenoxy) is 2. The number of benzene rings is 1. The van der Waals surface area contributed by atoms with Crippen molar-refractivity contribution in [2.45, 2.75) is 52.7 Å². The fraction of sp³-hybridized carbons (Fsp3) is 0.625. The molecule has 0 N–H and O–H groups in total. The Balaban J connectivity index is 2.25. The van der Waals surface area contributed by atoms with Crippen molar-refractivity contribution in [2.24, 2.45) is 0 Å². The fourth-order valence-corrected chi connectivity index (χ4v) is 2.14. The first-order chi connectivity index (χ1) is 9.77. The molecule has 0 aliphatic carbocycles. The predicted molar refractivity (Wildman–Crippen MR) is 84.0 cm³/mol. The highest BCUT2D eigenvalue weighted by atomic mass is 16.7. The van der Waals surface area contributed by atoms with Crippen LogP contribution in [0.15, 0.2) is 18.2 Å². The van der Waals surface area contributed by atoms with Crippen LogP contribution in [0.25, 0.3) is 0 Å². The first-order valence-corrected chi connectivity index (χ1v) is 7.43. The summed E-state index contributed by atoms with van der Waals surface area (Å²) in [5, 5.41) is 0. The third kappa shape index (κ3) is 3.42. The van der Waals surface area contributed by atoms with Gasteiger partial charge in [-0.2, -0.15) is 0 Å². The molecule has 5 heteroatoms. The Morgan fingerprint density at radius 3 is 2.29 bits per heavy atom. The van der Waals surface area contributed by atoms with Gasteiger partial charge in [-0.25, -0.2) is 0 Å². The molecule has 1 aromatic carbocycles. The van der Waals surface area contributed by atoms with E-state index in [2.05, 4.69) is 0 Å². The molecule has 0 bridgehead atoms. The van der Waals surface area contributed by atoms with Gasteiger partial charge in [0.2, 0.25) is 0 Å². The van der Waals surface area contributed by atoms with Gasteiger partial charge in [0.15, 0.2) is 6.79 Å². The summed E-state index contributed by atoms with van der Waals surface area (Å²) in [4.78, 5) is 0. The minimum atomic E-state index is -0.425. The molecular formula is C16H25BO4. The maximum absolute atomic E-state index is 6.11. The Hall–Kier alpha value is -1.04. The van der Waals surface area contributed by atoms with Gasteiger partial charge in [-0.05, 0) is 47.6 Å². The molecule has 0 amide bonds. The average molecular weight is 292 g/mol. The molecule has 2 rings (SSSR count).